The lowest BCUT2D eigenvalue weighted by atomic mass is 10.2. The number of hydrogen-bond donors (Lipinski definition) is 2. The molecule has 1 aromatic carbocycles. The highest BCUT2D eigenvalue weighted by Gasteiger charge is 2.05. The number of nitrogens with zero attached hydrogens (tertiary/aromatic N) is 3. The van der Waals surface area contributed by atoms with E-state index >= 15 is 0 Å². The SMILES string of the molecule is CCNC(=NCc1ccc(OC)cc1)NCC(C)Cn1cccn1. The van der Waals surface area contributed by atoms with E-state index in [1.165, 1.54) is 0 Å². The molecule has 1 unspecified atom stereocenters. The Balaban J connectivity index is 1.85. The number of rotatable bonds is 8. The summed E-state index contributed by atoms with van der Waals surface area (Å²) in [6, 6.07) is 9.92. The van der Waals surface area contributed by atoms with Crippen LogP contribution >= 0.6 is 0 Å². The molecule has 0 bridgehead atoms. The first-order valence-electron chi connectivity index (χ1n) is 8.33. The lowest BCUT2D eigenvalue weighted by molar-refractivity contribution is 0.414. The lowest BCUT2D eigenvalue weighted by Gasteiger charge is -2.16. The Morgan fingerprint density at radius 2 is 2.08 bits per heavy atom. The predicted molar refractivity (Wildman–Crippen MR) is 97.2 cm³/mol. The first kappa shape index (κ1) is 17.8. The van der Waals surface area contributed by atoms with Gasteiger partial charge in [0.25, 0.3) is 0 Å². The van der Waals surface area contributed by atoms with E-state index in [1.54, 1.807) is 13.3 Å². The second kappa shape index (κ2) is 9.60. The zero-order valence-corrected chi connectivity index (χ0v) is 14.7. The fourth-order valence-corrected chi connectivity index (χ4v) is 2.31. The first-order valence-corrected chi connectivity index (χ1v) is 8.33. The van der Waals surface area contributed by atoms with Crippen molar-refractivity contribution in [3.8, 4) is 5.75 Å². The van der Waals surface area contributed by atoms with Crippen LogP contribution in [0, 0.1) is 5.92 Å². The summed E-state index contributed by atoms with van der Waals surface area (Å²) in [5, 5.41) is 10.9. The standard InChI is InChI=1S/C18H27N5O/c1-4-19-18(20-12-15(2)14-23-11-5-10-22-23)21-13-16-6-8-17(24-3)9-7-16/h5-11,15H,4,12-14H2,1-3H3,(H2,19,20,21). The fraction of sp³-hybridized carbons (Fsp3) is 0.444. The minimum Gasteiger partial charge on any atom is -0.497 e. The van der Waals surface area contributed by atoms with Crippen LogP contribution in [0.1, 0.15) is 19.4 Å². The molecule has 0 aliphatic carbocycles. The maximum Gasteiger partial charge on any atom is 0.191 e. The van der Waals surface area contributed by atoms with Crippen molar-refractivity contribution in [3.63, 3.8) is 0 Å². The van der Waals surface area contributed by atoms with Crippen molar-refractivity contribution in [2.75, 3.05) is 20.2 Å². The Bertz CT molecular complexity index is 607. The van der Waals surface area contributed by atoms with Crippen LogP contribution in [0.4, 0.5) is 0 Å². The van der Waals surface area contributed by atoms with Gasteiger partial charge in [0, 0.05) is 32.0 Å². The van der Waals surface area contributed by atoms with Gasteiger partial charge in [-0.05, 0) is 36.6 Å². The number of methoxy groups -OCH3 is 1. The van der Waals surface area contributed by atoms with Gasteiger partial charge in [0.1, 0.15) is 5.75 Å². The molecule has 1 heterocycles. The number of guanidine groups is 1. The van der Waals surface area contributed by atoms with E-state index in [2.05, 4.69) is 34.6 Å². The Hall–Kier alpha value is -2.50. The summed E-state index contributed by atoms with van der Waals surface area (Å²) in [4.78, 5) is 4.64. The summed E-state index contributed by atoms with van der Waals surface area (Å²) in [7, 11) is 1.67. The molecular formula is C18H27N5O. The molecule has 0 saturated carbocycles. The average molecular weight is 329 g/mol. The van der Waals surface area contributed by atoms with E-state index in [4.69, 9.17) is 4.74 Å². The third kappa shape index (κ3) is 5.95. The highest BCUT2D eigenvalue weighted by molar-refractivity contribution is 5.79. The molecule has 0 radical (unpaired) electrons. The third-order valence-electron chi connectivity index (χ3n) is 3.60. The molecule has 130 valence electrons. The van der Waals surface area contributed by atoms with Crippen LogP contribution in [0.2, 0.25) is 0 Å². The fourth-order valence-electron chi connectivity index (χ4n) is 2.31. The summed E-state index contributed by atoms with van der Waals surface area (Å²) < 4.78 is 7.13. The second-order valence-corrected chi connectivity index (χ2v) is 5.76. The van der Waals surface area contributed by atoms with E-state index in [9.17, 15) is 0 Å². The van der Waals surface area contributed by atoms with Gasteiger partial charge >= 0.3 is 0 Å². The van der Waals surface area contributed by atoms with E-state index < -0.39 is 0 Å². The molecule has 1 aromatic heterocycles. The van der Waals surface area contributed by atoms with Crippen molar-refractivity contribution in [3.05, 3.63) is 48.3 Å². The molecule has 0 saturated heterocycles. The summed E-state index contributed by atoms with van der Waals surface area (Å²) in [6.07, 6.45) is 3.79. The first-order chi connectivity index (χ1) is 11.7. The average Bonchev–Trinajstić information content (AvgIpc) is 3.10. The van der Waals surface area contributed by atoms with Gasteiger partial charge in [0.15, 0.2) is 5.96 Å². The predicted octanol–water partition coefficient (Wildman–Crippen LogP) is 2.28. The molecule has 2 rings (SSSR count). The number of nitrogens with one attached hydrogen (secondary N) is 2. The molecule has 1 atom stereocenters. The Morgan fingerprint density at radius 1 is 1.29 bits per heavy atom. The monoisotopic (exact) mass is 329 g/mol. The minimum absolute atomic E-state index is 0.453. The molecule has 24 heavy (non-hydrogen) atoms. The molecule has 0 fully saturated rings. The second-order valence-electron chi connectivity index (χ2n) is 5.76. The topological polar surface area (TPSA) is 63.5 Å². The Kier molecular flexibility index (Phi) is 7.14. The Labute approximate surface area is 143 Å². The van der Waals surface area contributed by atoms with E-state index in [1.807, 2.05) is 41.2 Å². The van der Waals surface area contributed by atoms with E-state index in [-0.39, 0.29) is 0 Å². The number of benzene rings is 1. The molecule has 2 N–H and O–H groups in total. The van der Waals surface area contributed by atoms with Crippen LogP contribution in [-0.2, 0) is 13.1 Å². The van der Waals surface area contributed by atoms with Crippen LogP contribution in [0.3, 0.4) is 0 Å². The summed E-state index contributed by atoms with van der Waals surface area (Å²) >= 11 is 0. The van der Waals surface area contributed by atoms with Crippen LogP contribution in [0.15, 0.2) is 47.7 Å². The van der Waals surface area contributed by atoms with Crippen LogP contribution in [-0.4, -0.2) is 35.9 Å². The molecule has 0 amide bonds. The van der Waals surface area contributed by atoms with Gasteiger partial charge in [-0.25, -0.2) is 4.99 Å². The number of hydrogen-bond acceptors (Lipinski definition) is 3. The van der Waals surface area contributed by atoms with Crippen LogP contribution in [0.25, 0.3) is 0 Å². The minimum atomic E-state index is 0.453. The van der Waals surface area contributed by atoms with Crippen LogP contribution < -0.4 is 15.4 Å². The molecule has 2 aromatic rings. The highest BCUT2D eigenvalue weighted by Crippen LogP contribution is 2.11. The molecule has 0 aliphatic rings. The molecule has 6 heteroatoms. The van der Waals surface area contributed by atoms with Gasteiger partial charge in [-0.15, -0.1) is 0 Å². The number of aromatic nitrogens is 2. The summed E-state index contributed by atoms with van der Waals surface area (Å²) in [5.41, 5.74) is 1.15. The smallest absolute Gasteiger partial charge is 0.191 e. The van der Waals surface area contributed by atoms with Gasteiger partial charge in [0.2, 0.25) is 0 Å². The normalized spacial score (nSPS) is 12.7. The summed E-state index contributed by atoms with van der Waals surface area (Å²) in [6.45, 7) is 7.46. The molecular weight excluding hydrogens is 302 g/mol. The van der Waals surface area contributed by atoms with Crippen molar-refractivity contribution in [2.45, 2.75) is 26.9 Å². The van der Waals surface area contributed by atoms with Crippen LogP contribution in [0.5, 0.6) is 5.75 Å². The van der Waals surface area contributed by atoms with Crippen molar-refractivity contribution < 1.29 is 4.74 Å². The highest BCUT2D eigenvalue weighted by atomic mass is 16.5. The van der Waals surface area contributed by atoms with Gasteiger partial charge in [-0.3, -0.25) is 4.68 Å². The maximum atomic E-state index is 5.17. The number of aliphatic imine (C=N–C) groups is 1. The third-order valence-corrected chi connectivity index (χ3v) is 3.60. The molecule has 0 spiro atoms. The zero-order valence-electron chi connectivity index (χ0n) is 14.7. The lowest BCUT2D eigenvalue weighted by Crippen LogP contribution is -2.40. The van der Waals surface area contributed by atoms with Gasteiger partial charge in [0.05, 0.1) is 13.7 Å². The van der Waals surface area contributed by atoms with Crippen molar-refractivity contribution in [2.24, 2.45) is 10.9 Å². The van der Waals surface area contributed by atoms with E-state index in [0.717, 1.165) is 36.9 Å². The van der Waals surface area contributed by atoms with Crippen molar-refractivity contribution >= 4 is 5.96 Å². The van der Waals surface area contributed by atoms with Crippen molar-refractivity contribution in [1.82, 2.24) is 20.4 Å². The van der Waals surface area contributed by atoms with E-state index in [0.29, 0.717) is 12.5 Å². The quantitative estimate of drug-likeness (QED) is 0.576. The molecule has 6 nitrogen and oxygen atoms in total. The van der Waals surface area contributed by atoms with Gasteiger partial charge in [-0.2, -0.15) is 5.10 Å². The number of ether oxygens (including phenoxy) is 1. The Morgan fingerprint density at radius 3 is 2.71 bits per heavy atom. The zero-order chi connectivity index (χ0) is 17.2. The largest absolute Gasteiger partial charge is 0.497 e. The molecule has 0 aliphatic heterocycles. The van der Waals surface area contributed by atoms with Gasteiger partial charge < -0.3 is 15.4 Å². The maximum absolute atomic E-state index is 5.17. The van der Waals surface area contributed by atoms with Crippen molar-refractivity contribution in [1.29, 1.82) is 0 Å². The summed E-state index contributed by atoms with van der Waals surface area (Å²) in [5.74, 6) is 2.15. The van der Waals surface area contributed by atoms with Gasteiger partial charge in [-0.1, -0.05) is 19.1 Å².